The van der Waals surface area contributed by atoms with E-state index in [1.54, 1.807) is 26.0 Å². The molecule has 30 heavy (non-hydrogen) atoms. The minimum absolute atomic E-state index is 0.333. The first-order valence-corrected chi connectivity index (χ1v) is 10.0. The predicted octanol–water partition coefficient (Wildman–Crippen LogP) is 4.30. The molecule has 8 heteroatoms. The van der Waals surface area contributed by atoms with Crippen molar-refractivity contribution in [3.05, 3.63) is 45.7 Å². The van der Waals surface area contributed by atoms with Crippen molar-refractivity contribution in [2.75, 3.05) is 14.2 Å². The van der Waals surface area contributed by atoms with Gasteiger partial charge >= 0.3 is 5.97 Å². The summed E-state index contributed by atoms with van der Waals surface area (Å²) in [5, 5.41) is 0.333. The van der Waals surface area contributed by atoms with Gasteiger partial charge in [-0.05, 0) is 33.3 Å². The largest absolute Gasteiger partial charge is 0.497 e. The Bertz CT molecular complexity index is 1190. The number of fused-ring (bicyclic) bond motifs is 1. The maximum atomic E-state index is 12.8. The molecule has 0 aliphatic heterocycles. The summed E-state index contributed by atoms with van der Waals surface area (Å²) in [5.41, 5.74) is 2.24. The number of benzene rings is 2. The molecule has 0 saturated carbocycles. The number of H-pyrrole nitrogens is 1. The second-order valence-corrected chi connectivity index (χ2v) is 9.37. The maximum Gasteiger partial charge on any atom is 0.327 e. The molecule has 0 saturated heterocycles. The van der Waals surface area contributed by atoms with E-state index in [9.17, 15) is 9.59 Å². The van der Waals surface area contributed by atoms with Crippen molar-refractivity contribution < 1.29 is 19.0 Å². The molecule has 2 aromatic carbocycles. The lowest BCUT2D eigenvalue weighted by Gasteiger charge is -2.19. The molecule has 1 aromatic heterocycles. The molecule has 3 rings (SSSR count). The molecule has 0 unspecified atom stereocenters. The average molecular weight is 475 g/mol. The number of hydrogen-bond acceptors (Lipinski definition) is 6. The molecule has 0 aliphatic carbocycles. The van der Waals surface area contributed by atoms with E-state index in [0.29, 0.717) is 45.1 Å². The highest BCUT2D eigenvalue weighted by Crippen LogP contribution is 2.34. The number of carbonyl (C=O) groups is 1. The molecule has 0 aliphatic rings. The highest BCUT2D eigenvalue weighted by Gasteiger charge is 2.27. The van der Waals surface area contributed by atoms with Crippen molar-refractivity contribution in [2.24, 2.45) is 0 Å². The third kappa shape index (κ3) is 4.05. The summed E-state index contributed by atoms with van der Waals surface area (Å²) in [6.07, 6.45) is 0. The van der Waals surface area contributed by atoms with Gasteiger partial charge in [-0.2, -0.15) is 0 Å². The van der Waals surface area contributed by atoms with E-state index in [-0.39, 0.29) is 5.56 Å². The number of aromatic nitrogens is 2. The number of aromatic amines is 1. The van der Waals surface area contributed by atoms with Gasteiger partial charge in [0.25, 0.3) is 5.56 Å². The van der Waals surface area contributed by atoms with Crippen LogP contribution in [0.25, 0.3) is 22.3 Å². The Hall–Kier alpha value is -2.87. The lowest BCUT2D eigenvalue weighted by Crippen LogP contribution is -2.29. The van der Waals surface area contributed by atoms with Crippen LogP contribution in [-0.2, 0) is 4.79 Å². The number of nitrogens with one attached hydrogen (secondary N) is 1. The molecular weight excluding hydrogens is 452 g/mol. The van der Waals surface area contributed by atoms with Gasteiger partial charge in [-0.3, -0.25) is 9.59 Å². The van der Waals surface area contributed by atoms with E-state index in [0.717, 1.165) is 5.56 Å². The van der Waals surface area contributed by atoms with Crippen molar-refractivity contribution in [2.45, 2.75) is 32.0 Å². The predicted molar refractivity (Wildman–Crippen MR) is 119 cm³/mol. The Kier molecular flexibility index (Phi) is 5.90. The van der Waals surface area contributed by atoms with Crippen LogP contribution in [0.2, 0.25) is 0 Å². The van der Waals surface area contributed by atoms with Gasteiger partial charge < -0.3 is 19.2 Å². The van der Waals surface area contributed by atoms with Crippen molar-refractivity contribution in [1.82, 2.24) is 9.97 Å². The molecule has 0 atom stereocenters. The first-order chi connectivity index (χ1) is 14.1. The molecule has 0 radical (unpaired) electrons. The number of hydrogen-bond donors (Lipinski definition) is 1. The Morgan fingerprint density at radius 2 is 1.83 bits per heavy atom. The third-order valence-corrected chi connectivity index (χ3v) is 5.06. The summed E-state index contributed by atoms with van der Waals surface area (Å²) in [4.78, 5) is 32.6. The second kappa shape index (κ2) is 8.10. The molecule has 158 valence electrons. The molecule has 1 N–H and O–H groups in total. The Balaban J connectivity index is 2.20. The first-order valence-electron chi connectivity index (χ1n) is 9.24. The van der Waals surface area contributed by atoms with Crippen LogP contribution in [-0.4, -0.2) is 34.5 Å². The number of rotatable bonds is 5. The number of carbonyl (C=O) groups excluding carboxylic acids is 1. The van der Waals surface area contributed by atoms with Crippen LogP contribution in [0.15, 0.2) is 29.1 Å². The number of nitrogens with zero attached hydrogens (tertiary/aromatic N) is 1. The van der Waals surface area contributed by atoms with Gasteiger partial charge in [0.2, 0.25) is 0 Å². The quantitative estimate of drug-likeness (QED) is 0.336. The van der Waals surface area contributed by atoms with E-state index in [1.807, 2.05) is 26.0 Å². The summed E-state index contributed by atoms with van der Waals surface area (Å²) in [6, 6.07) is 6.97. The van der Waals surface area contributed by atoms with Gasteiger partial charge in [0.15, 0.2) is 0 Å². The van der Waals surface area contributed by atoms with Gasteiger partial charge in [-0.1, -0.05) is 28.1 Å². The number of alkyl halides is 1. The molecular formula is C22H23BrN2O5. The fraction of sp³-hybridized carbons (Fsp3) is 0.318. The van der Waals surface area contributed by atoms with Gasteiger partial charge in [-0.15, -0.1) is 0 Å². The Labute approximate surface area is 182 Å². The lowest BCUT2D eigenvalue weighted by molar-refractivity contribution is -0.136. The molecule has 0 amide bonds. The normalized spacial score (nSPS) is 11.4. The van der Waals surface area contributed by atoms with Crippen LogP contribution in [0.3, 0.4) is 0 Å². The second-order valence-electron chi connectivity index (χ2n) is 7.38. The summed E-state index contributed by atoms with van der Waals surface area (Å²) >= 11 is 3.32. The fourth-order valence-corrected chi connectivity index (χ4v) is 3.15. The molecule has 7 nitrogen and oxygen atoms in total. The van der Waals surface area contributed by atoms with Crippen LogP contribution in [0.5, 0.6) is 17.2 Å². The highest BCUT2D eigenvalue weighted by atomic mass is 79.9. The standard InChI is InChI=1S/C22H23BrN2O5/c1-11-7-8-14(12(2)18(11)30-21(27)22(3,4)23)19-24-15-9-13(28-5)10-16(29-6)17(15)20(26)25-19/h7-10H,1-6H3,(H,24,25,26). The smallest absolute Gasteiger partial charge is 0.327 e. The number of esters is 1. The van der Waals surface area contributed by atoms with E-state index < -0.39 is 10.3 Å². The molecule has 0 fully saturated rings. The van der Waals surface area contributed by atoms with Crippen molar-refractivity contribution in [3.8, 4) is 28.6 Å². The summed E-state index contributed by atoms with van der Waals surface area (Å²) in [6.45, 7) is 7.11. The van der Waals surface area contributed by atoms with Crippen LogP contribution in [0.4, 0.5) is 0 Å². The average Bonchev–Trinajstić information content (AvgIpc) is 2.68. The Morgan fingerprint density at radius 1 is 1.13 bits per heavy atom. The SMILES string of the molecule is COc1cc(OC)c2c(=O)[nH]c(-c3ccc(C)c(OC(=O)C(C)(C)Br)c3C)nc2c1. The third-order valence-electron chi connectivity index (χ3n) is 4.74. The van der Waals surface area contributed by atoms with E-state index in [4.69, 9.17) is 14.2 Å². The minimum atomic E-state index is -0.829. The fourth-order valence-electron chi connectivity index (χ4n) is 3.07. The summed E-state index contributed by atoms with van der Waals surface area (Å²) in [7, 11) is 3.02. The monoisotopic (exact) mass is 474 g/mol. The van der Waals surface area contributed by atoms with Gasteiger partial charge in [0.1, 0.15) is 32.8 Å². The number of halogens is 1. The number of ether oxygens (including phenoxy) is 3. The van der Waals surface area contributed by atoms with Crippen molar-refractivity contribution >= 4 is 32.8 Å². The zero-order valence-corrected chi connectivity index (χ0v) is 19.3. The number of aryl methyl sites for hydroxylation is 1. The van der Waals surface area contributed by atoms with Crippen LogP contribution in [0, 0.1) is 13.8 Å². The van der Waals surface area contributed by atoms with E-state index >= 15 is 0 Å². The topological polar surface area (TPSA) is 90.5 Å². The minimum Gasteiger partial charge on any atom is -0.497 e. The van der Waals surface area contributed by atoms with Crippen molar-refractivity contribution in [1.29, 1.82) is 0 Å². The molecule has 1 heterocycles. The van der Waals surface area contributed by atoms with Crippen LogP contribution >= 0.6 is 15.9 Å². The zero-order valence-electron chi connectivity index (χ0n) is 17.7. The summed E-state index contributed by atoms with van der Waals surface area (Å²) < 4.78 is 15.4. The van der Waals surface area contributed by atoms with Crippen LogP contribution in [0.1, 0.15) is 25.0 Å². The molecule has 0 bridgehead atoms. The lowest BCUT2D eigenvalue weighted by atomic mass is 10.0. The molecule has 0 spiro atoms. The van der Waals surface area contributed by atoms with Gasteiger partial charge in [-0.25, -0.2) is 4.98 Å². The van der Waals surface area contributed by atoms with Crippen LogP contribution < -0.4 is 19.8 Å². The van der Waals surface area contributed by atoms with Gasteiger partial charge in [0, 0.05) is 23.3 Å². The molecule has 3 aromatic rings. The van der Waals surface area contributed by atoms with Gasteiger partial charge in [0.05, 0.1) is 19.7 Å². The summed E-state index contributed by atoms with van der Waals surface area (Å²) in [5.74, 6) is 1.28. The first kappa shape index (κ1) is 21.8. The Morgan fingerprint density at radius 3 is 2.43 bits per heavy atom. The highest BCUT2D eigenvalue weighted by molar-refractivity contribution is 9.10. The van der Waals surface area contributed by atoms with Crippen molar-refractivity contribution in [3.63, 3.8) is 0 Å². The zero-order chi connectivity index (χ0) is 22.2. The van der Waals surface area contributed by atoms with E-state index in [1.165, 1.54) is 14.2 Å². The number of methoxy groups -OCH3 is 2. The van der Waals surface area contributed by atoms with E-state index in [2.05, 4.69) is 25.9 Å². The maximum absolute atomic E-state index is 12.8.